The summed E-state index contributed by atoms with van der Waals surface area (Å²) in [7, 11) is 2.84. The number of amides is 1. The van der Waals surface area contributed by atoms with Gasteiger partial charge in [-0.3, -0.25) is 9.59 Å². The fraction of sp³-hybridized carbons (Fsp3) is 0.364. The Balaban J connectivity index is 2.38. The summed E-state index contributed by atoms with van der Waals surface area (Å²) >= 11 is 12.3. The van der Waals surface area contributed by atoms with Crippen molar-refractivity contribution in [1.29, 1.82) is 0 Å². The van der Waals surface area contributed by atoms with Crippen LogP contribution < -0.4 is 24.3 Å². The van der Waals surface area contributed by atoms with E-state index in [2.05, 4.69) is 15.5 Å². The molecule has 0 fully saturated rings. The summed E-state index contributed by atoms with van der Waals surface area (Å²) in [5.74, 6) is 0.0206. The van der Waals surface area contributed by atoms with Gasteiger partial charge in [-0.05, 0) is 26.8 Å². The lowest BCUT2D eigenvalue weighted by molar-refractivity contribution is -0.126. The lowest BCUT2D eigenvalue weighted by Gasteiger charge is -2.16. The van der Waals surface area contributed by atoms with Gasteiger partial charge in [-0.1, -0.05) is 23.2 Å². The molecule has 0 aromatic heterocycles. The SMILES string of the molecule is CCOc1cc(OCC)c(NC(=O)C(N=Nc2c(OC)cc(Cl)cc2OC)C(C)=O)cc1Cl. The number of benzene rings is 2. The number of ketones is 1. The maximum absolute atomic E-state index is 12.9. The number of nitrogens with zero attached hydrogens (tertiary/aromatic N) is 2. The first-order valence-electron chi connectivity index (χ1n) is 9.98. The van der Waals surface area contributed by atoms with Crippen molar-refractivity contribution >= 4 is 46.3 Å². The molecule has 1 N–H and O–H groups in total. The van der Waals surface area contributed by atoms with Crippen LogP contribution >= 0.6 is 23.2 Å². The predicted octanol–water partition coefficient (Wildman–Crippen LogP) is 5.49. The number of anilines is 1. The van der Waals surface area contributed by atoms with E-state index < -0.39 is 17.7 Å². The van der Waals surface area contributed by atoms with Crippen molar-refractivity contribution in [3.63, 3.8) is 0 Å². The molecule has 2 aromatic rings. The van der Waals surface area contributed by atoms with Crippen molar-refractivity contribution in [2.45, 2.75) is 26.8 Å². The zero-order chi connectivity index (χ0) is 24.5. The molecular formula is C22H25Cl2N3O6. The van der Waals surface area contributed by atoms with Gasteiger partial charge in [0.05, 0.1) is 38.1 Å². The number of methoxy groups -OCH3 is 2. The average Bonchev–Trinajstić information content (AvgIpc) is 2.77. The van der Waals surface area contributed by atoms with E-state index >= 15 is 0 Å². The molecule has 178 valence electrons. The predicted molar refractivity (Wildman–Crippen MR) is 126 cm³/mol. The van der Waals surface area contributed by atoms with Crippen LogP contribution in [-0.4, -0.2) is 45.2 Å². The molecule has 2 aromatic carbocycles. The van der Waals surface area contributed by atoms with Gasteiger partial charge in [-0.2, -0.15) is 5.11 Å². The Morgan fingerprint density at radius 3 is 2.03 bits per heavy atom. The molecule has 0 radical (unpaired) electrons. The monoisotopic (exact) mass is 497 g/mol. The standard InChI is InChI=1S/C22H25Cl2N3O6/c1-6-32-16-11-17(33-7-2)15(10-14(16)24)25-22(29)20(12(3)28)26-27-21-18(30-4)8-13(23)9-19(21)31-5/h8-11,20H,6-7H2,1-5H3,(H,25,29). The zero-order valence-electron chi connectivity index (χ0n) is 18.9. The molecule has 1 atom stereocenters. The Labute approximate surface area is 202 Å². The van der Waals surface area contributed by atoms with Crippen molar-refractivity contribution < 1.29 is 28.5 Å². The van der Waals surface area contributed by atoms with E-state index in [9.17, 15) is 9.59 Å². The summed E-state index contributed by atoms with van der Waals surface area (Å²) in [4.78, 5) is 25.1. The van der Waals surface area contributed by atoms with E-state index in [0.29, 0.717) is 29.7 Å². The maximum Gasteiger partial charge on any atom is 0.258 e. The fourth-order valence-corrected chi connectivity index (χ4v) is 3.18. The van der Waals surface area contributed by atoms with Crippen LogP contribution in [0.1, 0.15) is 20.8 Å². The normalized spacial score (nSPS) is 11.7. The maximum atomic E-state index is 12.9. The summed E-state index contributed by atoms with van der Waals surface area (Å²) in [5.41, 5.74) is 0.445. The Bertz CT molecular complexity index is 1020. The van der Waals surface area contributed by atoms with E-state index in [0.717, 1.165) is 0 Å². The molecule has 0 spiro atoms. The number of Topliss-reactive ketones (excluding diaryl/α,β-unsaturated/α-hetero) is 1. The second-order valence-corrected chi connectivity index (χ2v) is 7.37. The van der Waals surface area contributed by atoms with Crippen LogP contribution in [0.15, 0.2) is 34.5 Å². The molecule has 0 aliphatic heterocycles. The van der Waals surface area contributed by atoms with Gasteiger partial charge in [0.1, 0.15) is 11.5 Å². The first-order valence-corrected chi connectivity index (χ1v) is 10.7. The molecule has 9 nitrogen and oxygen atoms in total. The van der Waals surface area contributed by atoms with Gasteiger partial charge in [-0.15, -0.1) is 5.11 Å². The Kier molecular flexibility index (Phi) is 9.74. The molecule has 11 heteroatoms. The number of nitrogens with one attached hydrogen (secondary N) is 1. The van der Waals surface area contributed by atoms with Crippen LogP contribution in [0.4, 0.5) is 11.4 Å². The molecule has 0 aliphatic rings. The van der Waals surface area contributed by atoms with E-state index in [1.54, 1.807) is 13.0 Å². The van der Waals surface area contributed by atoms with Crippen LogP contribution in [0.3, 0.4) is 0 Å². The van der Waals surface area contributed by atoms with Crippen LogP contribution in [0, 0.1) is 0 Å². The molecule has 0 bridgehead atoms. The zero-order valence-corrected chi connectivity index (χ0v) is 20.4. The second kappa shape index (κ2) is 12.3. The third kappa shape index (κ3) is 6.72. The number of ether oxygens (including phenoxy) is 4. The first kappa shape index (κ1) is 26.2. The van der Waals surface area contributed by atoms with Gasteiger partial charge < -0.3 is 24.3 Å². The molecule has 1 amide bonds. The first-order chi connectivity index (χ1) is 15.7. The van der Waals surface area contributed by atoms with Crippen LogP contribution in [0.5, 0.6) is 23.0 Å². The summed E-state index contributed by atoms with van der Waals surface area (Å²) in [6.45, 7) is 5.58. The Morgan fingerprint density at radius 2 is 1.52 bits per heavy atom. The highest BCUT2D eigenvalue weighted by atomic mass is 35.5. The third-order valence-electron chi connectivity index (χ3n) is 4.24. The largest absolute Gasteiger partial charge is 0.494 e. The van der Waals surface area contributed by atoms with Crippen LogP contribution in [0.25, 0.3) is 0 Å². The molecule has 1 unspecified atom stereocenters. The summed E-state index contributed by atoms with van der Waals surface area (Å²) < 4.78 is 21.6. The average molecular weight is 498 g/mol. The molecule has 0 saturated carbocycles. The number of halogens is 2. The van der Waals surface area contributed by atoms with Gasteiger partial charge >= 0.3 is 0 Å². The third-order valence-corrected chi connectivity index (χ3v) is 4.76. The van der Waals surface area contributed by atoms with Crippen LogP contribution in [-0.2, 0) is 9.59 Å². The quantitative estimate of drug-likeness (QED) is 0.324. The summed E-state index contributed by atoms with van der Waals surface area (Å²) in [5, 5.41) is 11.2. The summed E-state index contributed by atoms with van der Waals surface area (Å²) in [6, 6.07) is 4.62. The van der Waals surface area contributed by atoms with Crippen molar-refractivity contribution in [2.75, 3.05) is 32.8 Å². The highest BCUT2D eigenvalue weighted by Crippen LogP contribution is 2.40. The summed E-state index contributed by atoms with van der Waals surface area (Å²) in [6.07, 6.45) is 0. The van der Waals surface area contributed by atoms with Gasteiger partial charge in [-0.25, -0.2) is 0 Å². The minimum Gasteiger partial charge on any atom is -0.494 e. The molecule has 0 saturated heterocycles. The van der Waals surface area contributed by atoms with Crippen molar-refractivity contribution in [1.82, 2.24) is 0 Å². The minimum atomic E-state index is -1.45. The van der Waals surface area contributed by atoms with E-state index in [4.69, 9.17) is 42.1 Å². The number of azo groups is 1. The number of rotatable bonds is 11. The van der Waals surface area contributed by atoms with Gasteiger partial charge in [0.15, 0.2) is 23.0 Å². The molecule has 2 rings (SSSR count). The molecule has 0 aliphatic carbocycles. The minimum absolute atomic E-state index is 0.183. The van der Waals surface area contributed by atoms with Gasteiger partial charge in [0.25, 0.3) is 5.91 Å². The highest BCUT2D eigenvalue weighted by Gasteiger charge is 2.25. The molecule has 33 heavy (non-hydrogen) atoms. The van der Waals surface area contributed by atoms with Crippen molar-refractivity contribution in [3.05, 3.63) is 34.3 Å². The van der Waals surface area contributed by atoms with E-state index in [1.165, 1.54) is 39.3 Å². The van der Waals surface area contributed by atoms with Gasteiger partial charge in [0, 0.05) is 23.2 Å². The highest BCUT2D eigenvalue weighted by molar-refractivity contribution is 6.32. The smallest absolute Gasteiger partial charge is 0.258 e. The molecule has 0 heterocycles. The lowest BCUT2D eigenvalue weighted by atomic mass is 10.2. The molecular weight excluding hydrogens is 473 g/mol. The van der Waals surface area contributed by atoms with Crippen molar-refractivity contribution in [2.24, 2.45) is 10.2 Å². The van der Waals surface area contributed by atoms with Gasteiger partial charge in [0.2, 0.25) is 6.04 Å². The second-order valence-electron chi connectivity index (χ2n) is 6.52. The topological polar surface area (TPSA) is 108 Å². The number of carbonyl (C=O) groups is 2. The number of carbonyl (C=O) groups excluding carboxylic acids is 2. The van der Waals surface area contributed by atoms with Crippen molar-refractivity contribution in [3.8, 4) is 23.0 Å². The van der Waals surface area contributed by atoms with Crippen LogP contribution in [0.2, 0.25) is 10.0 Å². The lowest BCUT2D eigenvalue weighted by Crippen LogP contribution is -2.32. The fourth-order valence-electron chi connectivity index (χ4n) is 2.77. The van der Waals surface area contributed by atoms with E-state index in [1.807, 2.05) is 6.92 Å². The Morgan fingerprint density at radius 1 is 0.939 bits per heavy atom. The Hall–Kier alpha value is -3.04. The van der Waals surface area contributed by atoms with E-state index in [-0.39, 0.29) is 27.9 Å². The number of hydrogen-bond acceptors (Lipinski definition) is 8. The number of hydrogen-bond donors (Lipinski definition) is 1.